The first-order valence-electron chi connectivity index (χ1n) is 6.84. The summed E-state index contributed by atoms with van der Waals surface area (Å²) in [7, 11) is 0. The van der Waals surface area contributed by atoms with Crippen molar-refractivity contribution >= 4 is 12.0 Å². The minimum atomic E-state index is -0.908. The Hall–Kier alpha value is -1.26. The average Bonchev–Trinajstić information content (AvgIpc) is 2.26. The Morgan fingerprint density at radius 2 is 1.58 bits per heavy atom. The number of carboxylic acid groups (broad SMARTS) is 1. The van der Waals surface area contributed by atoms with Crippen molar-refractivity contribution < 1.29 is 14.7 Å². The maximum atomic E-state index is 12.0. The lowest BCUT2D eigenvalue weighted by Crippen LogP contribution is -2.54. The number of hydrogen-bond acceptors (Lipinski definition) is 2. The molecule has 3 N–H and O–H groups in total. The van der Waals surface area contributed by atoms with Gasteiger partial charge in [0, 0.05) is 11.6 Å². The topological polar surface area (TPSA) is 78.4 Å². The summed E-state index contributed by atoms with van der Waals surface area (Å²) in [6, 6.07) is -0.699. The first-order valence-corrected chi connectivity index (χ1v) is 6.84. The number of urea groups is 1. The molecule has 0 radical (unpaired) electrons. The van der Waals surface area contributed by atoms with Crippen LogP contribution < -0.4 is 10.6 Å². The Morgan fingerprint density at radius 1 is 1.11 bits per heavy atom. The van der Waals surface area contributed by atoms with Crippen LogP contribution in [-0.4, -0.2) is 28.7 Å². The second kappa shape index (κ2) is 6.78. The minimum absolute atomic E-state index is 0.0775. The van der Waals surface area contributed by atoms with Crippen LogP contribution in [0.4, 0.5) is 4.79 Å². The van der Waals surface area contributed by atoms with E-state index in [1.807, 2.05) is 41.5 Å². The number of aliphatic carboxylic acids is 1. The van der Waals surface area contributed by atoms with Crippen molar-refractivity contribution in [1.82, 2.24) is 10.6 Å². The molecule has 0 bridgehead atoms. The summed E-state index contributed by atoms with van der Waals surface area (Å²) >= 11 is 0. The normalized spacial score (nSPS) is 13.8. The third-order valence-electron chi connectivity index (χ3n) is 3.71. The highest BCUT2D eigenvalue weighted by Gasteiger charge is 2.30. The molecule has 0 aromatic heterocycles. The van der Waals surface area contributed by atoms with Crippen molar-refractivity contribution in [2.24, 2.45) is 5.41 Å². The van der Waals surface area contributed by atoms with Gasteiger partial charge in [-0.15, -0.1) is 0 Å². The Bertz CT molecular complexity index is 317. The summed E-state index contributed by atoms with van der Waals surface area (Å²) in [5.74, 6) is -0.908. The standard InChI is InChI=1S/C14H28N2O3/c1-7-14(6,8-2)16-12(19)15-10(9-11(17)18)13(3,4)5/h10H,7-9H2,1-6H3,(H,17,18)(H2,15,16,19). The van der Waals surface area contributed by atoms with E-state index < -0.39 is 12.0 Å². The van der Waals surface area contributed by atoms with Gasteiger partial charge in [-0.2, -0.15) is 0 Å². The smallest absolute Gasteiger partial charge is 0.315 e. The first kappa shape index (κ1) is 17.7. The maximum Gasteiger partial charge on any atom is 0.315 e. The van der Waals surface area contributed by atoms with Crippen LogP contribution in [0.25, 0.3) is 0 Å². The molecule has 0 spiro atoms. The van der Waals surface area contributed by atoms with Crippen LogP contribution in [0.3, 0.4) is 0 Å². The molecule has 0 aromatic rings. The van der Waals surface area contributed by atoms with Gasteiger partial charge in [-0.3, -0.25) is 4.79 Å². The number of carbonyl (C=O) groups is 2. The second-order valence-corrected chi connectivity index (χ2v) is 6.38. The summed E-state index contributed by atoms with van der Waals surface area (Å²) in [5.41, 5.74) is -0.555. The summed E-state index contributed by atoms with van der Waals surface area (Å²) in [6.45, 7) is 11.8. The highest BCUT2D eigenvalue weighted by molar-refractivity contribution is 5.76. The lowest BCUT2D eigenvalue weighted by atomic mass is 9.85. The van der Waals surface area contributed by atoms with Crippen LogP contribution in [0.5, 0.6) is 0 Å². The minimum Gasteiger partial charge on any atom is -0.481 e. The maximum absolute atomic E-state index is 12.0. The van der Waals surface area contributed by atoms with E-state index in [1.165, 1.54) is 0 Å². The summed E-state index contributed by atoms with van der Waals surface area (Å²) in [5, 5.41) is 14.6. The van der Waals surface area contributed by atoms with Gasteiger partial charge in [0.15, 0.2) is 0 Å². The SMILES string of the molecule is CCC(C)(CC)NC(=O)NC(CC(=O)O)C(C)(C)C. The number of rotatable bonds is 6. The molecule has 0 aliphatic rings. The van der Waals surface area contributed by atoms with Crippen LogP contribution in [0.1, 0.15) is 60.8 Å². The van der Waals surface area contributed by atoms with E-state index in [0.29, 0.717) is 0 Å². The molecule has 0 saturated heterocycles. The van der Waals surface area contributed by atoms with Crippen molar-refractivity contribution in [1.29, 1.82) is 0 Å². The molecule has 112 valence electrons. The van der Waals surface area contributed by atoms with Gasteiger partial charge >= 0.3 is 12.0 Å². The lowest BCUT2D eigenvalue weighted by molar-refractivity contribution is -0.138. The summed E-state index contributed by atoms with van der Waals surface area (Å²) in [6.07, 6.45) is 1.58. The zero-order chi connectivity index (χ0) is 15.3. The molecule has 1 atom stereocenters. The summed E-state index contributed by atoms with van der Waals surface area (Å²) < 4.78 is 0. The molecule has 0 aliphatic heterocycles. The number of hydrogen-bond donors (Lipinski definition) is 3. The molecule has 0 rings (SSSR count). The molecule has 0 saturated carbocycles. The van der Waals surface area contributed by atoms with Gasteiger partial charge in [0.2, 0.25) is 0 Å². The molecule has 19 heavy (non-hydrogen) atoms. The van der Waals surface area contributed by atoms with E-state index in [1.54, 1.807) is 0 Å². The van der Waals surface area contributed by atoms with Gasteiger partial charge < -0.3 is 15.7 Å². The monoisotopic (exact) mass is 272 g/mol. The molecule has 1 unspecified atom stereocenters. The van der Waals surface area contributed by atoms with E-state index in [4.69, 9.17) is 5.11 Å². The molecular formula is C14H28N2O3. The zero-order valence-corrected chi connectivity index (χ0v) is 13.0. The van der Waals surface area contributed by atoms with Gasteiger partial charge in [0.1, 0.15) is 0 Å². The predicted molar refractivity (Wildman–Crippen MR) is 76.2 cm³/mol. The quantitative estimate of drug-likeness (QED) is 0.695. The molecule has 0 aliphatic carbocycles. The number of nitrogens with one attached hydrogen (secondary N) is 2. The highest BCUT2D eigenvalue weighted by Crippen LogP contribution is 2.22. The Kier molecular flexibility index (Phi) is 6.33. The highest BCUT2D eigenvalue weighted by atomic mass is 16.4. The fraction of sp³-hybridized carbons (Fsp3) is 0.857. The van der Waals surface area contributed by atoms with Gasteiger partial charge in [-0.25, -0.2) is 4.79 Å². The number of carbonyl (C=O) groups excluding carboxylic acids is 1. The van der Waals surface area contributed by atoms with Crippen LogP contribution in [0.15, 0.2) is 0 Å². The molecule has 5 heteroatoms. The van der Waals surface area contributed by atoms with E-state index in [0.717, 1.165) is 12.8 Å². The van der Waals surface area contributed by atoms with Crippen molar-refractivity contribution in [3.05, 3.63) is 0 Å². The Balaban J connectivity index is 4.69. The third kappa shape index (κ3) is 6.45. The molecule has 5 nitrogen and oxygen atoms in total. The molecule has 0 aromatic carbocycles. The van der Waals surface area contributed by atoms with Gasteiger partial charge in [0.25, 0.3) is 0 Å². The van der Waals surface area contributed by atoms with E-state index >= 15 is 0 Å². The van der Waals surface area contributed by atoms with Crippen LogP contribution in [0, 0.1) is 5.41 Å². The largest absolute Gasteiger partial charge is 0.481 e. The predicted octanol–water partition coefficient (Wildman–Crippen LogP) is 2.75. The Morgan fingerprint density at radius 3 is 1.89 bits per heavy atom. The fourth-order valence-corrected chi connectivity index (χ4v) is 1.64. The lowest BCUT2D eigenvalue weighted by Gasteiger charge is -2.33. The number of carboxylic acids is 1. The third-order valence-corrected chi connectivity index (χ3v) is 3.71. The second-order valence-electron chi connectivity index (χ2n) is 6.38. The molecular weight excluding hydrogens is 244 g/mol. The van der Waals surface area contributed by atoms with Crippen LogP contribution >= 0.6 is 0 Å². The van der Waals surface area contributed by atoms with Crippen LogP contribution in [0.2, 0.25) is 0 Å². The number of amides is 2. The van der Waals surface area contributed by atoms with Crippen molar-refractivity contribution in [2.75, 3.05) is 0 Å². The van der Waals surface area contributed by atoms with E-state index in [9.17, 15) is 9.59 Å². The molecule has 0 fully saturated rings. The van der Waals surface area contributed by atoms with E-state index in [2.05, 4.69) is 10.6 Å². The van der Waals surface area contributed by atoms with Crippen molar-refractivity contribution in [3.8, 4) is 0 Å². The average molecular weight is 272 g/mol. The van der Waals surface area contributed by atoms with E-state index in [-0.39, 0.29) is 23.4 Å². The Labute approximate surface area is 116 Å². The molecule has 0 heterocycles. The van der Waals surface area contributed by atoms with Gasteiger partial charge in [-0.05, 0) is 25.2 Å². The van der Waals surface area contributed by atoms with Gasteiger partial charge in [-0.1, -0.05) is 34.6 Å². The van der Waals surface area contributed by atoms with Crippen molar-refractivity contribution in [2.45, 2.75) is 72.4 Å². The van der Waals surface area contributed by atoms with Crippen molar-refractivity contribution in [3.63, 3.8) is 0 Å². The van der Waals surface area contributed by atoms with Gasteiger partial charge in [0.05, 0.1) is 6.42 Å². The fourth-order valence-electron chi connectivity index (χ4n) is 1.64. The first-order chi connectivity index (χ1) is 8.54. The van der Waals surface area contributed by atoms with Crippen LogP contribution in [-0.2, 0) is 4.79 Å². The zero-order valence-electron chi connectivity index (χ0n) is 13.0. The summed E-state index contributed by atoms with van der Waals surface area (Å²) in [4.78, 5) is 22.9. The molecule has 2 amide bonds.